The molecular weight excluding hydrogens is 108 g/mol. The van der Waals surface area contributed by atoms with Crippen LogP contribution in [-0.4, -0.2) is 24.6 Å². The lowest BCUT2D eigenvalue weighted by atomic mass is 10.3. The Kier molecular flexibility index (Phi) is 1.07. The van der Waals surface area contributed by atoms with Crippen LogP contribution in [-0.2, 0) is 9.59 Å². The molecule has 0 spiro atoms. The van der Waals surface area contributed by atoms with Crippen molar-refractivity contribution in [3.8, 4) is 0 Å². The fourth-order valence-electron chi connectivity index (χ4n) is 0.357. The lowest BCUT2D eigenvalue weighted by molar-refractivity contribution is -0.135. The van der Waals surface area contributed by atoms with Gasteiger partial charge in [0.05, 0.1) is 0 Å². The van der Waals surface area contributed by atoms with Crippen molar-refractivity contribution in [2.75, 3.05) is 6.54 Å². The van der Waals surface area contributed by atoms with Crippen molar-refractivity contribution < 1.29 is 9.59 Å². The van der Waals surface area contributed by atoms with Crippen LogP contribution in [0.25, 0.3) is 0 Å². The summed E-state index contributed by atoms with van der Waals surface area (Å²) < 4.78 is 0. The van der Waals surface area contributed by atoms with E-state index in [1.54, 1.807) is 0 Å². The maximum absolute atomic E-state index is 10.2. The zero-order valence-corrected chi connectivity index (χ0v) is 4.00. The van der Waals surface area contributed by atoms with E-state index >= 15 is 0 Å². The standard InChI is InChI=1S/C4H3N2O2/c7-3-1-5-2-6-4(3)8/h2H,1H2. The fraction of sp³-hybridized carbons (Fsp3) is 0.250. The van der Waals surface area contributed by atoms with E-state index in [0.29, 0.717) is 0 Å². The van der Waals surface area contributed by atoms with Gasteiger partial charge >= 0.3 is 5.91 Å². The number of hydrogen-bond donors (Lipinski definition) is 0. The molecular formula is C4H3N2O2. The van der Waals surface area contributed by atoms with Gasteiger partial charge in [-0.25, -0.2) is 0 Å². The van der Waals surface area contributed by atoms with Gasteiger partial charge in [-0.1, -0.05) is 0 Å². The van der Waals surface area contributed by atoms with Crippen molar-refractivity contribution in [2.24, 2.45) is 4.99 Å². The third-order valence-corrected chi connectivity index (χ3v) is 0.730. The number of ketones is 1. The molecule has 0 aromatic carbocycles. The van der Waals surface area contributed by atoms with E-state index in [1.165, 1.54) is 0 Å². The third kappa shape index (κ3) is 0.726. The van der Waals surface area contributed by atoms with Gasteiger partial charge in [0.25, 0.3) is 0 Å². The molecule has 4 heteroatoms. The minimum Gasteiger partial charge on any atom is -0.286 e. The van der Waals surface area contributed by atoms with Crippen LogP contribution < -0.4 is 5.32 Å². The van der Waals surface area contributed by atoms with E-state index in [9.17, 15) is 9.59 Å². The van der Waals surface area contributed by atoms with Crippen molar-refractivity contribution in [2.45, 2.75) is 0 Å². The summed E-state index contributed by atoms with van der Waals surface area (Å²) in [7, 11) is 0. The molecule has 1 aliphatic heterocycles. The molecule has 1 rings (SSSR count). The summed E-state index contributed by atoms with van der Waals surface area (Å²) in [6.45, 7) is -0.0394. The van der Waals surface area contributed by atoms with Crippen LogP contribution in [0.4, 0.5) is 0 Å². The first-order chi connectivity index (χ1) is 3.80. The zero-order valence-electron chi connectivity index (χ0n) is 4.00. The number of amides is 1. The summed E-state index contributed by atoms with van der Waals surface area (Å²) in [5.74, 6) is -1.23. The minimum atomic E-state index is -0.694. The first-order valence-electron chi connectivity index (χ1n) is 2.07. The largest absolute Gasteiger partial charge is 0.316 e. The van der Waals surface area contributed by atoms with E-state index < -0.39 is 11.7 Å². The molecule has 41 valence electrons. The molecule has 0 unspecified atom stereocenters. The van der Waals surface area contributed by atoms with Gasteiger partial charge in [-0.3, -0.25) is 14.9 Å². The average molecular weight is 111 g/mol. The molecule has 0 N–H and O–H groups in total. The van der Waals surface area contributed by atoms with Crippen LogP contribution in [0, 0.1) is 0 Å². The Balaban J connectivity index is 2.75. The quantitative estimate of drug-likeness (QED) is 0.366. The molecule has 0 atom stereocenters. The van der Waals surface area contributed by atoms with Crippen LogP contribution in [0.1, 0.15) is 0 Å². The Morgan fingerprint density at radius 3 is 2.62 bits per heavy atom. The summed E-state index contributed by atoms with van der Waals surface area (Å²) in [6.07, 6.45) is 1.10. The number of carbonyl (C=O) groups is 2. The Labute approximate surface area is 45.6 Å². The first-order valence-corrected chi connectivity index (χ1v) is 2.07. The molecule has 0 aromatic rings. The number of nitrogens with zero attached hydrogens (tertiary/aromatic N) is 2. The highest BCUT2D eigenvalue weighted by Gasteiger charge is 2.14. The Morgan fingerprint density at radius 1 is 1.50 bits per heavy atom. The highest BCUT2D eigenvalue weighted by Crippen LogP contribution is 1.81. The maximum atomic E-state index is 10.2. The Hall–Kier alpha value is -1.19. The molecule has 0 fully saturated rings. The van der Waals surface area contributed by atoms with Crippen LogP contribution in [0.5, 0.6) is 0 Å². The van der Waals surface area contributed by atoms with Gasteiger partial charge in [0.2, 0.25) is 5.78 Å². The predicted octanol–water partition coefficient (Wildman–Crippen LogP) is -1.27. The molecule has 1 radical (unpaired) electrons. The second kappa shape index (κ2) is 1.73. The smallest absolute Gasteiger partial charge is 0.286 e. The number of hydrogen-bond acceptors (Lipinski definition) is 2. The highest BCUT2D eigenvalue weighted by atomic mass is 16.2. The van der Waals surface area contributed by atoms with Gasteiger partial charge in [-0.2, -0.15) is 4.99 Å². The topological polar surface area (TPSA) is 60.6 Å². The average Bonchev–Trinajstić information content (AvgIpc) is 1.77. The molecule has 4 nitrogen and oxygen atoms in total. The van der Waals surface area contributed by atoms with Crippen molar-refractivity contribution >= 4 is 18.0 Å². The van der Waals surface area contributed by atoms with Gasteiger partial charge < -0.3 is 0 Å². The lowest BCUT2D eigenvalue weighted by Gasteiger charge is -1.96. The summed E-state index contributed by atoms with van der Waals surface area (Å²) in [5, 5.41) is 3.45. The molecule has 1 heterocycles. The van der Waals surface area contributed by atoms with Gasteiger partial charge in [0, 0.05) is 0 Å². The fourth-order valence-corrected chi connectivity index (χ4v) is 0.357. The SMILES string of the molecule is O=C1C[N]C=NC1=O. The molecule has 1 amide bonds. The number of Topliss-reactive ketones (excluding diaryl/α,β-unsaturated/α-hetero) is 1. The summed E-state index contributed by atoms with van der Waals surface area (Å²) in [6, 6.07) is 0. The number of aliphatic imine (C=N–C) groups is 1. The lowest BCUT2D eigenvalue weighted by Crippen LogP contribution is -2.27. The summed E-state index contributed by atoms with van der Waals surface area (Å²) in [5.41, 5.74) is 0. The molecule has 1 aliphatic rings. The van der Waals surface area contributed by atoms with Gasteiger partial charge in [0.15, 0.2) is 0 Å². The molecule has 0 bridgehead atoms. The van der Waals surface area contributed by atoms with Crippen molar-refractivity contribution in [1.82, 2.24) is 5.32 Å². The van der Waals surface area contributed by atoms with E-state index in [0.717, 1.165) is 6.34 Å². The molecule has 0 aromatic heterocycles. The van der Waals surface area contributed by atoms with Crippen LogP contribution in [0.15, 0.2) is 4.99 Å². The second-order valence-corrected chi connectivity index (χ2v) is 1.31. The first kappa shape index (κ1) is 4.96. The normalized spacial score (nSPS) is 18.5. The van der Waals surface area contributed by atoms with Gasteiger partial charge in [-0.05, 0) is 0 Å². The van der Waals surface area contributed by atoms with E-state index in [1.807, 2.05) is 0 Å². The van der Waals surface area contributed by atoms with Crippen LogP contribution in [0.3, 0.4) is 0 Å². The maximum Gasteiger partial charge on any atom is 0.316 e. The molecule has 0 saturated carbocycles. The Morgan fingerprint density at radius 2 is 2.25 bits per heavy atom. The van der Waals surface area contributed by atoms with Crippen molar-refractivity contribution in [1.29, 1.82) is 0 Å². The molecule has 8 heavy (non-hydrogen) atoms. The van der Waals surface area contributed by atoms with Gasteiger partial charge in [-0.15, -0.1) is 0 Å². The molecule has 0 aliphatic carbocycles. The molecule has 0 saturated heterocycles. The minimum absolute atomic E-state index is 0.0394. The van der Waals surface area contributed by atoms with E-state index in [4.69, 9.17) is 0 Å². The monoisotopic (exact) mass is 111 g/mol. The van der Waals surface area contributed by atoms with Crippen LogP contribution >= 0.6 is 0 Å². The number of carbonyl (C=O) groups excluding carboxylic acids is 2. The zero-order chi connectivity index (χ0) is 5.98. The third-order valence-electron chi connectivity index (χ3n) is 0.730. The number of rotatable bonds is 0. The van der Waals surface area contributed by atoms with Crippen LogP contribution in [0.2, 0.25) is 0 Å². The van der Waals surface area contributed by atoms with E-state index in [2.05, 4.69) is 10.3 Å². The summed E-state index contributed by atoms with van der Waals surface area (Å²) >= 11 is 0. The van der Waals surface area contributed by atoms with E-state index in [-0.39, 0.29) is 6.54 Å². The van der Waals surface area contributed by atoms with Crippen molar-refractivity contribution in [3.63, 3.8) is 0 Å². The van der Waals surface area contributed by atoms with Gasteiger partial charge in [0.1, 0.15) is 12.9 Å². The van der Waals surface area contributed by atoms with Crippen molar-refractivity contribution in [3.05, 3.63) is 0 Å². The highest BCUT2D eigenvalue weighted by molar-refractivity contribution is 6.39. The predicted molar refractivity (Wildman–Crippen MR) is 25.5 cm³/mol. The Bertz CT molecular complexity index is 161. The second-order valence-electron chi connectivity index (χ2n) is 1.31. The summed E-state index contributed by atoms with van der Waals surface area (Å²) in [4.78, 5) is 23.6.